The number of carbonyl (C=O) groups is 9. The Bertz CT molecular complexity index is 1840. The number of aromatic nitrogens is 4. The Morgan fingerprint density at radius 3 is 1.54 bits per heavy atom. The molecule has 0 aliphatic rings. The highest BCUT2D eigenvalue weighted by atomic mass is 32.2. The van der Waals surface area contributed by atoms with Crippen LogP contribution < -0.4 is 31.7 Å². The van der Waals surface area contributed by atoms with Crippen molar-refractivity contribution in [2.75, 3.05) is 38.7 Å². The smallest absolute Gasteiger partial charge is 0.326 e. The highest BCUT2D eigenvalue weighted by Crippen LogP contribution is 2.14. The lowest BCUT2D eigenvalue weighted by Crippen LogP contribution is -2.45. The SMILES string of the molecule is NC(=O)CC[C@H](NC(=O)CC[C@H](NC(=O)COCCOCCNC(=O)CC[C@H](NC(=O)CCCS(=O)(=O)NC(=O)CCCCCCCCCCCCCCCc1nn[nH]n1)C(=O)O)C(=O)O)C(=O)O. The molecule has 0 saturated heterocycles. The average Bonchev–Trinajstić information content (AvgIpc) is 3.80. The molecule has 26 nitrogen and oxygen atoms in total. The Morgan fingerprint density at radius 2 is 1.01 bits per heavy atom. The topological polar surface area (TPSA) is 408 Å². The molecule has 0 saturated carbocycles. The largest absolute Gasteiger partial charge is 0.480 e. The molecule has 0 aliphatic carbocycles. The van der Waals surface area contributed by atoms with E-state index >= 15 is 0 Å². The minimum atomic E-state index is -4.00. The zero-order valence-corrected chi connectivity index (χ0v) is 40.0. The second kappa shape index (κ2) is 37.1. The van der Waals surface area contributed by atoms with Crippen LogP contribution in [0.5, 0.6) is 0 Å². The number of carboxylic acid groups (broad SMARTS) is 3. The van der Waals surface area contributed by atoms with Gasteiger partial charge >= 0.3 is 17.9 Å². The quantitative estimate of drug-likeness (QED) is 0.0388. The number of unbranched alkanes of at least 4 members (excludes halogenated alkanes) is 12. The van der Waals surface area contributed by atoms with E-state index in [9.17, 15) is 66.9 Å². The van der Waals surface area contributed by atoms with E-state index in [0.29, 0.717) is 6.42 Å². The molecule has 0 spiro atoms. The van der Waals surface area contributed by atoms with Crippen LogP contribution in [0.3, 0.4) is 0 Å². The first-order valence-corrected chi connectivity index (χ1v) is 25.1. The van der Waals surface area contributed by atoms with Gasteiger partial charge in [-0.3, -0.25) is 33.5 Å². The Balaban J connectivity index is 2.12. The van der Waals surface area contributed by atoms with Crippen LogP contribution >= 0.6 is 0 Å². The van der Waals surface area contributed by atoms with Gasteiger partial charge in [-0.2, -0.15) is 5.21 Å². The summed E-state index contributed by atoms with van der Waals surface area (Å²) in [6.45, 7) is -0.651. The van der Waals surface area contributed by atoms with Crippen LogP contribution in [0.2, 0.25) is 0 Å². The molecule has 6 amide bonds. The summed E-state index contributed by atoms with van der Waals surface area (Å²) in [5.41, 5.74) is 4.99. The number of sulfonamides is 1. The molecule has 1 aromatic rings. The molecule has 1 heterocycles. The lowest BCUT2D eigenvalue weighted by molar-refractivity contribution is -0.144. The maximum atomic E-state index is 12.4. The molecule has 0 fully saturated rings. The standard InChI is InChI=1S/C42H72N10O16S/c43-33(53)21-18-30(40(59)60)46-37(56)23-20-32(42(63)64)47-39(58)29-68-27-26-67-25-24-44-35(54)22-19-31(41(61)62)45-36(55)17-14-28-69(65,66)50-38(57)16-13-11-9-7-5-3-1-2-4-6-8-10-12-15-34-48-51-52-49-34/h30-32H,1-29H2,(H2,43,53)(H,44,54)(H,45,55)(H,46,56)(H,47,58)(H,50,57)(H,59,60)(H,61,62)(H,63,64)(H,48,49,51,52)/t30-,31-,32-/m0/s1. The number of carboxylic acids is 3. The molecule has 27 heteroatoms. The van der Waals surface area contributed by atoms with Crippen LogP contribution in [-0.4, -0.2) is 155 Å². The van der Waals surface area contributed by atoms with Gasteiger partial charge in [-0.15, -0.1) is 10.2 Å². The first kappa shape index (κ1) is 61.2. The predicted octanol–water partition coefficient (Wildman–Crippen LogP) is 0.113. The van der Waals surface area contributed by atoms with Gasteiger partial charge in [0.2, 0.25) is 45.5 Å². The number of H-pyrrole nitrogens is 1. The van der Waals surface area contributed by atoms with Crippen molar-refractivity contribution >= 4 is 63.4 Å². The number of nitrogens with one attached hydrogen (secondary N) is 6. The first-order chi connectivity index (χ1) is 32.9. The van der Waals surface area contributed by atoms with Crippen molar-refractivity contribution in [3.8, 4) is 0 Å². The average molecular weight is 1010 g/mol. The number of rotatable bonds is 44. The van der Waals surface area contributed by atoms with E-state index in [2.05, 4.69) is 41.9 Å². The fourth-order valence-corrected chi connectivity index (χ4v) is 7.69. The van der Waals surface area contributed by atoms with Gasteiger partial charge in [-0.25, -0.2) is 22.8 Å². The van der Waals surface area contributed by atoms with Gasteiger partial charge in [0.15, 0.2) is 5.82 Å². The molecule has 69 heavy (non-hydrogen) atoms. The summed E-state index contributed by atoms with van der Waals surface area (Å²) < 4.78 is 37.2. The fraction of sp³-hybridized carbons (Fsp3) is 0.762. The second-order valence-corrected chi connectivity index (χ2v) is 18.2. The van der Waals surface area contributed by atoms with Crippen LogP contribution in [0.4, 0.5) is 0 Å². The van der Waals surface area contributed by atoms with Gasteiger partial charge in [0.1, 0.15) is 24.7 Å². The minimum absolute atomic E-state index is 0.00668. The molecule has 1 rings (SSSR count). The summed E-state index contributed by atoms with van der Waals surface area (Å²) >= 11 is 0. The van der Waals surface area contributed by atoms with Gasteiger partial charge < -0.3 is 51.8 Å². The van der Waals surface area contributed by atoms with Gasteiger partial charge in [0.05, 0.1) is 25.6 Å². The van der Waals surface area contributed by atoms with Crippen molar-refractivity contribution in [1.82, 2.24) is 46.6 Å². The number of hydrogen-bond acceptors (Lipinski definition) is 16. The van der Waals surface area contributed by atoms with Crippen molar-refractivity contribution < 1.29 is 76.4 Å². The third-order valence-corrected chi connectivity index (χ3v) is 11.7. The maximum Gasteiger partial charge on any atom is 0.326 e. The Labute approximate surface area is 401 Å². The van der Waals surface area contributed by atoms with Crippen molar-refractivity contribution in [1.29, 1.82) is 0 Å². The Kier molecular flexibility index (Phi) is 32.9. The number of aromatic amines is 1. The third-order valence-electron chi connectivity index (χ3n) is 10.4. The Hall–Kier alpha value is -5.83. The molecule has 0 aliphatic heterocycles. The zero-order chi connectivity index (χ0) is 51.3. The molecule has 11 N–H and O–H groups in total. The summed E-state index contributed by atoms with van der Waals surface area (Å²) in [5, 5.41) is 51.1. The molecule has 0 radical (unpaired) electrons. The monoisotopic (exact) mass is 1000 g/mol. The molecule has 0 unspecified atom stereocenters. The van der Waals surface area contributed by atoms with Crippen molar-refractivity contribution in [2.24, 2.45) is 5.73 Å². The fourth-order valence-electron chi connectivity index (χ4n) is 6.61. The zero-order valence-electron chi connectivity index (χ0n) is 39.2. The lowest BCUT2D eigenvalue weighted by Gasteiger charge is -2.16. The van der Waals surface area contributed by atoms with Crippen molar-refractivity contribution in [2.45, 2.75) is 166 Å². The molecule has 392 valence electrons. The van der Waals surface area contributed by atoms with E-state index in [1.807, 2.05) is 4.72 Å². The van der Waals surface area contributed by atoms with Crippen LogP contribution in [0, 0.1) is 0 Å². The van der Waals surface area contributed by atoms with E-state index in [4.69, 9.17) is 15.2 Å². The lowest BCUT2D eigenvalue weighted by atomic mass is 10.0. The highest BCUT2D eigenvalue weighted by Gasteiger charge is 2.25. The van der Waals surface area contributed by atoms with Gasteiger partial charge in [-0.05, 0) is 38.5 Å². The number of primary amides is 1. The second-order valence-electron chi connectivity index (χ2n) is 16.3. The number of ether oxygens (including phenoxy) is 2. The summed E-state index contributed by atoms with van der Waals surface area (Å²) in [7, 11) is -4.00. The van der Waals surface area contributed by atoms with E-state index in [1.54, 1.807) is 0 Å². The van der Waals surface area contributed by atoms with Crippen LogP contribution in [0.1, 0.15) is 147 Å². The normalized spacial score (nSPS) is 12.5. The number of hydrogen-bond donors (Lipinski definition) is 10. The molecular formula is C42H72N10O16S. The van der Waals surface area contributed by atoms with E-state index < -0.39 is 100 Å². The minimum Gasteiger partial charge on any atom is -0.480 e. The number of aryl methyl sites for hydroxylation is 1. The van der Waals surface area contributed by atoms with Crippen molar-refractivity contribution in [3.63, 3.8) is 0 Å². The van der Waals surface area contributed by atoms with Crippen LogP contribution in [0.25, 0.3) is 0 Å². The van der Waals surface area contributed by atoms with Gasteiger partial charge in [0, 0.05) is 45.1 Å². The number of amides is 6. The predicted molar refractivity (Wildman–Crippen MR) is 244 cm³/mol. The number of tetrazole rings is 1. The van der Waals surface area contributed by atoms with Crippen LogP contribution in [-0.2, 0) is 69.1 Å². The summed E-state index contributed by atoms with van der Waals surface area (Å²) in [5.74, 6) is -8.30. The molecule has 0 bridgehead atoms. The van der Waals surface area contributed by atoms with Gasteiger partial charge in [0.25, 0.3) is 0 Å². The van der Waals surface area contributed by atoms with Gasteiger partial charge in [-0.1, -0.05) is 75.8 Å². The molecular weight excluding hydrogens is 933 g/mol. The first-order valence-electron chi connectivity index (χ1n) is 23.4. The van der Waals surface area contributed by atoms with E-state index in [-0.39, 0.29) is 77.7 Å². The highest BCUT2D eigenvalue weighted by molar-refractivity contribution is 7.90. The number of aliphatic carboxylic acids is 3. The maximum absolute atomic E-state index is 12.4. The number of nitrogens with zero attached hydrogens (tertiary/aromatic N) is 3. The summed E-state index contributed by atoms with van der Waals surface area (Å²) in [6, 6.07) is -4.32. The molecule has 0 aromatic carbocycles. The summed E-state index contributed by atoms with van der Waals surface area (Å²) in [6.07, 6.45) is 12.5. The number of carbonyl (C=O) groups excluding carboxylic acids is 6. The van der Waals surface area contributed by atoms with E-state index in [1.165, 1.54) is 38.5 Å². The molecule has 3 atom stereocenters. The Morgan fingerprint density at radius 1 is 0.551 bits per heavy atom. The van der Waals surface area contributed by atoms with Crippen molar-refractivity contribution in [3.05, 3.63) is 5.82 Å². The van der Waals surface area contributed by atoms with Crippen LogP contribution in [0.15, 0.2) is 0 Å². The third kappa shape index (κ3) is 34.2. The van der Waals surface area contributed by atoms with E-state index in [0.717, 1.165) is 50.8 Å². The molecule has 1 aromatic heterocycles. The number of nitrogens with two attached hydrogens (primary N) is 1. The summed E-state index contributed by atoms with van der Waals surface area (Å²) in [4.78, 5) is 107.